The van der Waals surface area contributed by atoms with E-state index in [2.05, 4.69) is 231 Å². The Labute approximate surface area is 420 Å². The number of benzene rings is 9. The average molecular weight is 936 g/mol. The van der Waals surface area contributed by atoms with Gasteiger partial charge in [-0.3, -0.25) is 9.98 Å². The smallest absolute Gasteiger partial charge is 0.137 e. The largest absolute Gasteiger partial charge is 0.456 e. The van der Waals surface area contributed by atoms with Crippen LogP contribution in [0.2, 0.25) is 0 Å². The summed E-state index contributed by atoms with van der Waals surface area (Å²) < 4.78 is 9.25. The Balaban J connectivity index is 0.942. The first kappa shape index (κ1) is 40.0. The van der Waals surface area contributed by atoms with Crippen LogP contribution in [-0.4, -0.2) is 16.3 Å². The molecule has 0 saturated carbocycles. The van der Waals surface area contributed by atoms with Gasteiger partial charge in [-0.25, -0.2) is 0 Å². The van der Waals surface area contributed by atoms with Gasteiger partial charge in [0, 0.05) is 49.0 Å². The molecule has 3 aliphatic carbocycles. The maximum atomic E-state index is 6.87. The van der Waals surface area contributed by atoms with Crippen LogP contribution >= 0.6 is 11.8 Å². The van der Waals surface area contributed by atoms with E-state index >= 15 is 0 Å². The molecule has 12 aromatic rings. The normalized spacial score (nSPS) is 16.5. The number of aromatic nitrogens is 2. The lowest BCUT2D eigenvalue weighted by Crippen LogP contribution is -2.33. The molecule has 0 fully saturated rings. The minimum Gasteiger partial charge on any atom is -0.456 e. The molecule has 0 N–H and O–H groups in total. The van der Waals surface area contributed by atoms with E-state index in [4.69, 9.17) is 14.4 Å². The highest BCUT2D eigenvalue weighted by molar-refractivity contribution is 7.99. The molecule has 1 aliphatic heterocycles. The van der Waals surface area contributed by atoms with E-state index in [1.54, 1.807) is 0 Å². The molecule has 72 heavy (non-hydrogen) atoms. The second-order valence-electron chi connectivity index (χ2n) is 19.5. The zero-order valence-corrected chi connectivity index (χ0v) is 40.0. The molecular formula is C67H41N3OS. The van der Waals surface area contributed by atoms with Gasteiger partial charge in [0.2, 0.25) is 0 Å². The quantitative estimate of drug-likeness (QED) is 0.165. The van der Waals surface area contributed by atoms with Gasteiger partial charge in [-0.2, -0.15) is 0 Å². The molecule has 3 aromatic heterocycles. The lowest BCUT2D eigenvalue weighted by atomic mass is 9.65. The lowest BCUT2D eigenvalue weighted by molar-refractivity contribution is 0.669. The number of furan rings is 1. The SMILES string of the molecule is C=NC1=C(/C=C\C)C2(c3ccccc3Sc3cc4c(cc32)-c2ccccc2C42c3ccccc3-c3ccccc32)c2cc(-c3ccc4c(c3)oc3ccc5c6ccccc6n(-c6ccccc6)c5c34)cnc21. The Bertz CT molecular complexity index is 4430. The number of rotatable bonds is 4. The molecule has 1 atom stereocenters. The number of hydrogen-bond donors (Lipinski definition) is 0. The fraction of sp³-hybridized carbons (Fsp3) is 0.0448. The number of allylic oxidation sites excluding steroid dienone is 3. The molecule has 4 aliphatic rings. The number of pyridine rings is 1. The highest BCUT2D eigenvalue weighted by atomic mass is 32.2. The third-order valence-corrected chi connectivity index (χ3v) is 17.4. The predicted molar refractivity (Wildman–Crippen MR) is 296 cm³/mol. The number of hydrogen-bond acceptors (Lipinski definition) is 4. The van der Waals surface area contributed by atoms with E-state index in [1.807, 2.05) is 18.0 Å². The maximum absolute atomic E-state index is 6.87. The van der Waals surface area contributed by atoms with Crippen LogP contribution in [-0.2, 0) is 10.8 Å². The molecule has 0 saturated heterocycles. The summed E-state index contributed by atoms with van der Waals surface area (Å²) in [4.78, 5) is 12.7. The van der Waals surface area contributed by atoms with Gasteiger partial charge in [-0.1, -0.05) is 157 Å². The summed E-state index contributed by atoms with van der Waals surface area (Å²) in [5, 5.41) is 4.60. The van der Waals surface area contributed by atoms with Crippen molar-refractivity contribution in [3.8, 4) is 39.1 Å². The summed E-state index contributed by atoms with van der Waals surface area (Å²) in [7, 11) is 0. The predicted octanol–water partition coefficient (Wildman–Crippen LogP) is 16.9. The van der Waals surface area contributed by atoms with Gasteiger partial charge in [0.25, 0.3) is 0 Å². The Morgan fingerprint density at radius 2 is 1.19 bits per heavy atom. The van der Waals surface area contributed by atoms with Crippen LogP contribution in [0, 0.1) is 0 Å². The van der Waals surface area contributed by atoms with Crippen LogP contribution in [0.3, 0.4) is 0 Å². The molecule has 4 nitrogen and oxygen atoms in total. The van der Waals surface area contributed by atoms with Crippen molar-refractivity contribution >= 4 is 67.9 Å². The average Bonchev–Trinajstić information content (AvgIpc) is 4.20. The highest BCUT2D eigenvalue weighted by Gasteiger charge is 2.56. The zero-order chi connectivity index (χ0) is 47.5. The standard InChI is InChI=1S/C67H41N3OS/c1-3-17-53-63(68-2)64-56(34-40(38-69-64)39-30-31-47-59(35-39)71-58-33-32-46-45-23-10-15-28-57(45)70(65(46)62(47)58)41-18-5-4-6-19-41)67(53)52-27-14-16-29-60(52)72-61-37-54-48(36-55(61)67)44-22-9-13-26-51(44)66(54)49-24-11-7-20-42(49)43-21-8-12-25-50(43)66/h3-38H,2H2,1H3/b17-3-. The number of aliphatic imine (C=N–C) groups is 1. The van der Waals surface area contributed by atoms with Gasteiger partial charge in [0.1, 0.15) is 11.2 Å². The summed E-state index contributed by atoms with van der Waals surface area (Å²) >= 11 is 1.87. The molecule has 16 rings (SSSR count). The van der Waals surface area contributed by atoms with Crippen molar-refractivity contribution in [3.05, 3.63) is 269 Å². The first-order valence-electron chi connectivity index (χ1n) is 24.7. The van der Waals surface area contributed by atoms with E-state index < -0.39 is 10.8 Å². The van der Waals surface area contributed by atoms with Crippen molar-refractivity contribution in [2.45, 2.75) is 27.5 Å². The number of para-hydroxylation sites is 2. The molecule has 336 valence electrons. The first-order valence-corrected chi connectivity index (χ1v) is 25.5. The van der Waals surface area contributed by atoms with Gasteiger partial charge in [-0.05, 0) is 147 Å². The molecule has 0 radical (unpaired) electrons. The number of fused-ring (bicyclic) bond motifs is 23. The van der Waals surface area contributed by atoms with Crippen molar-refractivity contribution in [2.75, 3.05) is 0 Å². The van der Waals surface area contributed by atoms with Crippen LogP contribution in [0.4, 0.5) is 0 Å². The van der Waals surface area contributed by atoms with Crippen LogP contribution in [0.25, 0.3) is 88.5 Å². The molecule has 4 heterocycles. The lowest BCUT2D eigenvalue weighted by Gasteiger charge is -2.41. The summed E-state index contributed by atoms with van der Waals surface area (Å²) in [6.45, 7) is 6.34. The monoisotopic (exact) mass is 935 g/mol. The van der Waals surface area contributed by atoms with Crippen LogP contribution in [0.15, 0.2) is 243 Å². The van der Waals surface area contributed by atoms with E-state index in [1.165, 1.54) is 81.7 Å². The van der Waals surface area contributed by atoms with Crippen molar-refractivity contribution in [1.82, 2.24) is 9.55 Å². The van der Waals surface area contributed by atoms with Crippen molar-refractivity contribution in [1.29, 1.82) is 0 Å². The second kappa shape index (κ2) is 14.4. The molecule has 9 aromatic carbocycles. The molecule has 0 bridgehead atoms. The Kier molecular flexibility index (Phi) is 8.01. The molecular weight excluding hydrogens is 895 g/mol. The van der Waals surface area contributed by atoms with Gasteiger partial charge in [-0.15, -0.1) is 0 Å². The third-order valence-electron chi connectivity index (χ3n) is 16.3. The van der Waals surface area contributed by atoms with Crippen molar-refractivity contribution in [3.63, 3.8) is 0 Å². The van der Waals surface area contributed by atoms with Gasteiger partial charge < -0.3 is 8.98 Å². The zero-order valence-electron chi connectivity index (χ0n) is 39.1. The van der Waals surface area contributed by atoms with Crippen molar-refractivity contribution in [2.24, 2.45) is 4.99 Å². The Hall–Kier alpha value is -8.77. The third kappa shape index (κ3) is 4.84. The fourth-order valence-corrected chi connectivity index (χ4v) is 14.8. The summed E-state index contributed by atoms with van der Waals surface area (Å²) in [5.74, 6) is 0. The summed E-state index contributed by atoms with van der Waals surface area (Å²) in [6, 6.07) is 74.0. The number of nitrogens with zero attached hydrogens (tertiary/aromatic N) is 3. The van der Waals surface area contributed by atoms with Crippen molar-refractivity contribution < 1.29 is 4.42 Å². The van der Waals surface area contributed by atoms with E-state index in [0.717, 1.165) is 66.8 Å². The summed E-state index contributed by atoms with van der Waals surface area (Å²) in [6.07, 6.45) is 6.41. The summed E-state index contributed by atoms with van der Waals surface area (Å²) in [5.41, 5.74) is 22.7. The minimum atomic E-state index is -0.760. The minimum absolute atomic E-state index is 0.462. The van der Waals surface area contributed by atoms with Crippen LogP contribution < -0.4 is 0 Å². The van der Waals surface area contributed by atoms with Gasteiger partial charge in [0.15, 0.2) is 0 Å². The molecule has 2 spiro atoms. The van der Waals surface area contributed by atoms with Crippen LogP contribution in [0.1, 0.15) is 51.6 Å². The molecule has 1 unspecified atom stereocenters. The second-order valence-corrected chi connectivity index (χ2v) is 20.6. The highest BCUT2D eigenvalue weighted by Crippen LogP contribution is 2.67. The van der Waals surface area contributed by atoms with Gasteiger partial charge >= 0.3 is 0 Å². The maximum Gasteiger partial charge on any atom is 0.137 e. The topological polar surface area (TPSA) is 43.3 Å². The Morgan fingerprint density at radius 3 is 1.94 bits per heavy atom. The van der Waals surface area contributed by atoms with E-state index in [9.17, 15) is 0 Å². The van der Waals surface area contributed by atoms with Crippen LogP contribution in [0.5, 0.6) is 0 Å². The van der Waals surface area contributed by atoms with E-state index in [0.29, 0.717) is 0 Å². The van der Waals surface area contributed by atoms with E-state index in [-0.39, 0.29) is 0 Å². The molecule has 5 heteroatoms. The molecule has 0 amide bonds. The van der Waals surface area contributed by atoms with Gasteiger partial charge in [0.05, 0.1) is 38.6 Å². The fourth-order valence-electron chi connectivity index (χ4n) is 13.6. The first-order chi connectivity index (χ1) is 35.6. The Morgan fingerprint density at radius 1 is 0.528 bits per heavy atom.